The van der Waals surface area contributed by atoms with E-state index in [4.69, 9.17) is 8.85 Å². The lowest BCUT2D eigenvalue weighted by molar-refractivity contribution is 0.277. The summed E-state index contributed by atoms with van der Waals surface area (Å²) in [5, 5.41) is 4.24. The third-order valence-corrected chi connectivity index (χ3v) is 16.5. The van der Waals surface area contributed by atoms with Crippen molar-refractivity contribution in [3.8, 4) is 0 Å². The van der Waals surface area contributed by atoms with Gasteiger partial charge in [-0.3, -0.25) is 0 Å². The fourth-order valence-corrected chi connectivity index (χ4v) is 9.65. The smallest absolute Gasteiger partial charge is 0.288 e. The number of unbranched alkanes of at least 4 members (excludes halogenated alkanes) is 6. The van der Waals surface area contributed by atoms with Crippen molar-refractivity contribution < 1.29 is 8.85 Å². The summed E-state index contributed by atoms with van der Waals surface area (Å²) >= 11 is 0. The molecule has 4 heteroatoms. The Morgan fingerprint density at radius 2 is 0.811 bits per heavy atom. The van der Waals surface area contributed by atoms with Gasteiger partial charge in [0.1, 0.15) is 0 Å². The highest BCUT2D eigenvalue weighted by atomic mass is 28.4. The zero-order valence-electron chi connectivity index (χ0n) is 23.8. The van der Waals surface area contributed by atoms with Crippen molar-refractivity contribution in [2.75, 3.05) is 13.2 Å². The van der Waals surface area contributed by atoms with E-state index in [2.05, 4.69) is 125 Å². The monoisotopic (exact) mass is 532 g/mol. The molecule has 0 fully saturated rings. The van der Waals surface area contributed by atoms with Gasteiger partial charge in [-0.2, -0.15) is 0 Å². The SMILES string of the molecule is CC(C)(C)[Si](C)(C)OCCCCCCCCCO[Si](c1ccccc1)(c1ccccc1)c1ccccc1. The van der Waals surface area contributed by atoms with E-state index >= 15 is 0 Å². The average Bonchev–Trinajstić information content (AvgIpc) is 2.90. The van der Waals surface area contributed by atoms with Gasteiger partial charge in [0, 0.05) is 13.2 Å². The van der Waals surface area contributed by atoms with Crippen LogP contribution >= 0.6 is 0 Å². The third-order valence-electron chi connectivity index (χ3n) is 7.92. The molecule has 0 unspecified atom stereocenters. The molecule has 3 rings (SSSR count). The molecule has 0 aliphatic carbocycles. The number of benzene rings is 3. The van der Waals surface area contributed by atoms with Crippen LogP contribution < -0.4 is 15.6 Å². The highest BCUT2D eigenvalue weighted by molar-refractivity contribution is 7.07. The molecule has 0 spiro atoms. The molecule has 0 saturated heterocycles. The van der Waals surface area contributed by atoms with Crippen LogP contribution in [0.5, 0.6) is 0 Å². The van der Waals surface area contributed by atoms with Gasteiger partial charge in [-0.05, 0) is 46.5 Å². The van der Waals surface area contributed by atoms with Gasteiger partial charge >= 0.3 is 0 Å². The molecule has 0 aliphatic heterocycles. The maximum atomic E-state index is 7.03. The van der Waals surface area contributed by atoms with E-state index in [0.29, 0.717) is 5.04 Å². The van der Waals surface area contributed by atoms with Crippen molar-refractivity contribution in [1.29, 1.82) is 0 Å². The lowest BCUT2D eigenvalue weighted by atomic mass is 10.1. The van der Waals surface area contributed by atoms with E-state index in [1.165, 1.54) is 54.1 Å². The van der Waals surface area contributed by atoms with Gasteiger partial charge in [0.2, 0.25) is 0 Å². The summed E-state index contributed by atoms with van der Waals surface area (Å²) in [4.78, 5) is 0. The van der Waals surface area contributed by atoms with E-state index in [1.54, 1.807) is 0 Å². The second-order valence-corrected chi connectivity index (χ2v) is 19.9. The van der Waals surface area contributed by atoms with E-state index in [0.717, 1.165) is 19.6 Å². The van der Waals surface area contributed by atoms with E-state index in [-0.39, 0.29) is 0 Å². The van der Waals surface area contributed by atoms with Crippen molar-refractivity contribution in [1.82, 2.24) is 0 Å². The topological polar surface area (TPSA) is 18.5 Å². The second kappa shape index (κ2) is 14.2. The number of hydrogen-bond donors (Lipinski definition) is 0. The lowest BCUT2D eigenvalue weighted by Crippen LogP contribution is -2.69. The summed E-state index contributed by atoms with van der Waals surface area (Å²) in [5.74, 6) is 0. The summed E-state index contributed by atoms with van der Waals surface area (Å²) in [7, 11) is -4.15. The minimum atomic E-state index is -2.55. The van der Waals surface area contributed by atoms with E-state index < -0.39 is 16.6 Å². The van der Waals surface area contributed by atoms with Crippen LogP contribution in [0.15, 0.2) is 91.0 Å². The highest BCUT2D eigenvalue weighted by Crippen LogP contribution is 2.36. The molecule has 2 nitrogen and oxygen atoms in total. The second-order valence-electron chi connectivity index (χ2n) is 11.7. The minimum absolute atomic E-state index is 0.303. The normalized spacial score (nSPS) is 12.6. The lowest BCUT2D eigenvalue weighted by Gasteiger charge is -2.36. The van der Waals surface area contributed by atoms with E-state index in [9.17, 15) is 0 Å². The van der Waals surface area contributed by atoms with Crippen LogP contribution in [0.2, 0.25) is 18.1 Å². The van der Waals surface area contributed by atoms with Crippen LogP contribution in [0.25, 0.3) is 0 Å². The van der Waals surface area contributed by atoms with E-state index in [1.807, 2.05) is 0 Å². The molecule has 0 aliphatic rings. The summed E-state index contributed by atoms with van der Waals surface area (Å²) < 4.78 is 13.4. The molecule has 0 radical (unpaired) electrons. The maximum Gasteiger partial charge on any atom is 0.288 e. The molecule has 0 heterocycles. The zero-order chi connectivity index (χ0) is 26.6. The summed E-state index contributed by atoms with van der Waals surface area (Å²) in [5.41, 5.74) is 0. The van der Waals surface area contributed by atoms with Crippen LogP contribution in [0, 0.1) is 0 Å². The predicted molar refractivity (Wildman–Crippen MR) is 165 cm³/mol. The summed E-state index contributed by atoms with van der Waals surface area (Å²) in [6.45, 7) is 13.4. The van der Waals surface area contributed by atoms with Gasteiger partial charge in [-0.25, -0.2) is 0 Å². The maximum absolute atomic E-state index is 7.03. The first-order chi connectivity index (χ1) is 17.8. The fraction of sp³-hybridized carbons (Fsp3) is 0.455. The molecular weight excluding hydrogens is 485 g/mol. The highest BCUT2D eigenvalue weighted by Gasteiger charge is 2.41. The first-order valence-corrected chi connectivity index (χ1v) is 19.0. The first-order valence-electron chi connectivity index (χ1n) is 14.2. The molecule has 0 saturated carbocycles. The largest absolute Gasteiger partial charge is 0.417 e. The number of hydrogen-bond acceptors (Lipinski definition) is 2. The van der Waals surface area contributed by atoms with Crippen molar-refractivity contribution in [2.24, 2.45) is 0 Å². The van der Waals surface area contributed by atoms with Crippen molar-refractivity contribution in [3.63, 3.8) is 0 Å². The quantitative estimate of drug-likeness (QED) is 0.115. The summed E-state index contributed by atoms with van der Waals surface area (Å²) in [6.07, 6.45) is 8.69. The van der Waals surface area contributed by atoms with Gasteiger partial charge < -0.3 is 8.85 Å². The standard InChI is InChI=1S/C33H48O2Si2/c1-33(2,3)36(4,5)34-28-20-9-7-6-8-10-21-29-35-37(30-22-14-11-15-23-30,31-24-16-12-17-25-31)32-26-18-13-19-27-32/h11-19,22-27H,6-10,20-21,28-29H2,1-5H3. The van der Waals surface area contributed by atoms with Gasteiger partial charge in [0.05, 0.1) is 0 Å². The van der Waals surface area contributed by atoms with Crippen LogP contribution in [-0.2, 0) is 8.85 Å². The van der Waals surface area contributed by atoms with Crippen LogP contribution in [0.1, 0.15) is 65.7 Å². The first kappa shape index (κ1) is 29.6. The van der Waals surface area contributed by atoms with Gasteiger partial charge in [-0.1, -0.05) is 144 Å². The van der Waals surface area contributed by atoms with Gasteiger partial charge in [0.25, 0.3) is 8.32 Å². The zero-order valence-corrected chi connectivity index (χ0v) is 25.8. The Bertz CT molecular complexity index is 918. The Balaban J connectivity index is 1.50. The molecule has 0 aromatic heterocycles. The van der Waals surface area contributed by atoms with Gasteiger partial charge in [-0.15, -0.1) is 0 Å². The fourth-order valence-electron chi connectivity index (χ4n) is 4.63. The van der Waals surface area contributed by atoms with Crippen molar-refractivity contribution >= 4 is 32.2 Å². The average molecular weight is 533 g/mol. The molecule has 37 heavy (non-hydrogen) atoms. The predicted octanol–water partition coefficient (Wildman–Crippen LogP) is 7.42. The van der Waals surface area contributed by atoms with Gasteiger partial charge in [0.15, 0.2) is 8.32 Å². The van der Waals surface area contributed by atoms with Crippen LogP contribution in [0.4, 0.5) is 0 Å². The Hall–Kier alpha value is -1.99. The van der Waals surface area contributed by atoms with Crippen molar-refractivity contribution in [2.45, 2.75) is 83.8 Å². The Morgan fingerprint density at radius 1 is 0.486 bits per heavy atom. The van der Waals surface area contributed by atoms with Crippen molar-refractivity contribution in [3.05, 3.63) is 91.0 Å². The molecule has 0 amide bonds. The molecule has 3 aromatic carbocycles. The molecular formula is C33H48O2Si2. The van der Waals surface area contributed by atoms with Crippen LogP contribution in [0.3, 0.4) is 0 Å². The molecule has 3 aromatic rings. The summed E-state index contributed by atoms with van der Waals surface area (Å²) in [6, 6.07) is 32.6. The molecule has 200 valence electrons. The number of rotatable bonds is 15. The molecule has 0 atom stereocenters. The third kappa shape index (κ3) is 8.25. The molecule has 0 N–H and O–H groups in total. The molecule has 0 bridgehead atoms. The Kier molecular flexibility index (Phi) is 11.4. The van der Waals surface area contributed by atoms with Crippen LogP contribution in [-0.4, -0.2) is 29.8 Å². The Morgan fingerprint density at radius 3 is 1.16 bits per heavy atom. The minimum Gasteiger partial charge on any atom is -0.417 e. The Labute approximate surface area is 228 Å².